The van der Waals surface area contributed by atoms with Crippen LogP contribution in [0.1, 0.15) is 17.3 Å². The molecule has 7 heteroatoms. The quantitative estimate of drug-likeness (QED) is 0.672. The highest BCUT2D eigenvalue weighted by Crippen LogP contribution is 2.30. The van der Waals surface area contributed by atoms with E-state index >= 15 is 0 Å². The molecule has 94 valence electrons. The number of alkyl halides is 2. The van der Waals surface area contributed by atoms with Crippen molar-refractivity contribution in [3.63, 3.8) is 0 Å². The van der Waals surface area contributed by atoms with Crippen molar-refractivity contribution >= 4 is 23.3 Å². The van der Waals surface area contributed by atoms with Crippen LogP contribution in [0.2, 0.25) is 5.02 Å². The smallest absolute Gasteiger partial charge is 0.387 e. The van der Waals surface area contributed by atoms with Gasteiger partial charge in [-0.3, -0.25) is 0 Å². The summed E-state index contributed by atoms with van der Waals surface area (Å²) in [6.07, 6.45) is 0. The molecule has 0 aromatic heterocycles. The third kappa shape index (κ3) is 3.45. The lowest BCUT2D eigenvalue weighted by Gasteiger charge is -2.11. The molecule has 1 aromatic rings. The van der Waals surface area contributed by atoms with Gasteiger partial charge in [-0.1, -0.05) is 11.6 Å². The molecule has 1 rings (SSSR count). The molecule has 1 aromatic carbocycles. The molecule has 0 amide bonds. The molecule has 0 unspecified atom stereocenters. The first kappa shape index (κ1) is 13.5. The van der Waals surface area contributed by atoms with Gasteiger partial charge in [-0.15, -0.1) is 0 Å². The number of halogens is 3. The maximum atomic E-state index is 12.1. The van der Waals surface area contributed by atoms with Gasteiger partial charge < -0.3 is 15.2 Å². The fourth-order valence-corrected chi connectivity index (χ4v) is 1.29. The summed E-state index contributed by atoms with van der Waals surface area (Å²) in [5.41, 5.74) is 5.37. The monoisotopic (exact) mass is 265 g/mol. The first-order chi connectivity index (χ1) is 7.95. The zero-order valence-electron chi connectivity index (χ0n) is 8.88. The standard InChI is InChI=1S/C10H10ClF2NO3/c1-2-16-9(15)5-3-7(14)6(11)4-8(5)17-10(12)13/h3-4,10H,2,14H2,1H3. The van der Waals surface area contributed by atoms with E-state index in [4.69, 9.17) is 17.3 Å². The Hall–Kier alpha value is -1.56. The van der Waals surface area contributed by atoms with Crippen LogP contribution >= 0.6 is 11.6 Å². The van der Waals surface area contributed by atoms with Crippen LogP contribution in [-0.2, 0) is 4.74 Å². The molecule has 17 heavy (non-hydrogen) atoms. The van der Waals surface area contributed by atoms with E-state index in [9.17, 15) is 13.6 Å². The number of hydrogen-bond donors (Lipinski definition) is 1. The summed E-state index contributed by atoms with van der Waals surface area (Å²) < 4.78 is 33.1. The van der Waals surface area contributed by atoms with Crippen molar-refractivity contribution in [1.29, 1.82) is 0 Å². The zero-order chi connectivity index (χ0) is 13.0. The summed E-state index contributed by atoms with van der Waals surface area (Å²) in [4.78, 5) is 11.5. The molecule has 4 nitrogen and oxygen atoms in total. The Labute approximate surface area is 101 Å². The molecular weight excluding hydrogens is 256 g/mol. The molecule has 0 saturated carbocycles. The van der Waals surface area contributed by atoms with Gasteiger partial charge >= 0.3 is 12.6 Å². The van der Waals surface area contributed by atoms with Gasteiger partial charge in [0.05, 0.1) is 17.3 Å². The van der Waals surface area contributed by atoms with Crippen LogP contribution in [0.25, 0.3) is 0 Å². The van der Waals surface area contributed by atoms with Gasteiger partial charge in [-0.25, -0.2) is 4.79 Å². The summed E-state index contributed by atoms with van der Waals surface area (Å²) in [5, 5.41) is 0.0219. The highest BCUT2D eigenvalue weighted by molar-refractivity contribution is 6.33. The SMILES string of the molecule is CCOC(=O)c1cc(N)c(Cl)cc1OC(F)F. The lowest BCUT2D eigenvalue weighted by molar-refractivity contribution is -0.0504. The topological polar surface area (TPSA) is 61.5 Å². The van der Waals surface area contributed by atoms with E-state index in [2.05, 4.69) is 9.47 Å². The van der Waals surface area contributed by atoms with Gasteiger partial charge in [-0.2, -0.15) is 8.78 Å². The fourth-order valence-electron chi connectivity index (χ4n) is 1.13. The highest BCUT2D eigenvalue weighted by atomic mass is 35.5. The normalized spacial score (nSPS) is 10.4. The minimum Gasteiger partial charge on any atom is -0.462 e. The van der Waals surface area contributed by atoms with Crippen LogP contribution in [0.4, 0.5) is 14.5 Å². The molecule has 0 saturated heterocycles. The van der Waals surface area contributed by atoms with Crippen LogP contribution in [-0.4, -0.2) is 19.2 Å². The Morgan fingerprint density at radius 3 is 2.71 bits per heavy atom. The number of rotatable bonds is 4. The molecule has 0 spiro atoms. The average molecular weight is 266 g/mol. The summed E-state index contributed by atoms with van der Waals surface area (Å²) in [6, 6.07) is 2.19. The van der Waals surface area contributed by atoms with Gasteiger partial charge in [0.25, 0.3) is 0 Å². The third-order valence-electron chi connectivity index (χ3n) is 1.81. The van der Waals surface area contributed by atoms with Gasteiger partial charge in [0.2, 0.25) is 0 Å². The second-order valence-electron chi connectivity index (χ2n) is 2.97. The van der Waals surface area contributed by atoms with Crippen molar-refractivity contribution in [3.8, 4) is 5.75 Å². The van der Waals surface area contributed by atoms with Crippen LogP contribution in [0.15, 0.2) is 12.1 Å². The molecule has 2 N–H and O–H groups in total. The number of hydrogen-bond acceptors (Lipinski definition) is 4. The summed E-state index contributed by atoms with van der Waals surface area (Å²) in [6.45, 7) is -1.37. The van der Waals surface area contributed by atoms with E-state index in [1.54, 1.807) is 6.92 Å². The van der Waals surface area contributed by atoms with Gasteiger partial charge in [0.15, 0.2) is 0 Å². The van der Waals surface area contributed by atoms with Crippen molar-refractivity contribution in [3.05, 3.63) is 22.7 Å². The average Bonchev–Trinajstić information content (AvgIpc) is 2.22. The molecule has 0 bridgehead atoms. The number of nitrogen functional groups attached to an aromatic ring is 1. The van der Waals surface area contributed by atoms with Gasteiger partial charge in [-0.05, 0) is 13.0 Å². The second-order valence-corrected chi connectivity index (χ2v) is 3.38. The van der Waals surface area contributed by atoms with Crippen LogP contribution in [0.5, 0.6) is 5.75 Å². The van der Waals surface area contributed by atoms with Crippen LogP contribution < -0.4 is 10.5 Å². The number of anilines is 1. The lowest BCUT2D eigenvalue weighted by Crippen LogP contribution is -2.11. The minimum atomic E-state index is -3.07. The highest BCUT2D eigenvalue weighted by Gasteiger charge is 2.19. The number of esters is 1. The Kier molecular flexibility index (Phi) is 4.51. The van der Waals surface area contributed by atoms with Crippen LogP contribution in [0.3, 0.4) is 0 Å². The predicted octanol–water partition coefficient (Wildman–Crippen LogP) is 2.70. The number of nitrogens with two attached hydrogens (primary N) is 1. The number of ether oxygens (including phenoxy) is 2. The zero-order valence-corrected chi connectivity index (χ0v) is 9.63. The molecule has 0 heterocycles. The Bertz CT molecular complexity index is 426. The van der Waals surface area contributed by atoms with E-state index in [1.807, 2.05) is 0 Å². The molecular formula is C10H10ClF2NO3. The molecule has 0 aliphatic heterocycles. The van der Waals surface area contributed by atoms with Gasteiger partial charge in [0.1, 0.15) is 11.3 Å². The molecule has 0 aliphatic carbocycles. The summed E-state index contributed by atoms with van der Waals surface area (Å²) in [7, 11) is 0. The van der Waals surface area contributed by atoms with Crippen molar-refractivity contribution in [1.82, 2.24) is 0 Å². The van der Waals surface area contributed by atoms with Crippen LogP contribution in [0, 0.1) is 0 Å². The summed E-state index contributed by atoms with van der Waals surface area (Å²) in [5.74, 6) is -1.16. The van der Waals surface area contributed by atoms with E-state index < -0.39 is 12.6 Å². The van der Waals surface area contributed by atoms with E-state index in [1.165, 1.54) is 0 Å². The van der Waals surface area contributed by atoms with Crippen molar-refractivity contribution in [2.24, 2.45) is 0 Å². The van der Waals surface area contributed by atoms with Crippen molar-refractivity contribution in [2.45, 2.75) is 13.5 Å². The predicted molar refractivity (Wildman–Crippen MR) is 58.5 cm³/mol. The van der Waals surface area contributed by atoms with E-state index in [-0.39, 0.29) is 28.6 Å². The number of carbonyl (C=O) groups is 1. The third-order valence-corrected chi connectivity index (χ3v) is 2.14. The van der Waals surface area contributed by atoms with Crippen molar-refractivity contribution in [2.75, 3.05) is 12.3 Å². The molecule has 0 radical (unpaired) electrons. The summed E-state index contributed by atoms with van der Waals surface area (Å²) >= 11 is 5.65. The molecule has 0 aliphatic rings. The first-order valence-corrected chi connectivity index (χ1v) is 5.04. The molecule has 0 fully saturated rings. The minimum absolute atomic E-state index is 0.0219. The lowest BCUT2D eigenvalue weighted by atomic mass is 10.2. The van der Waals surface area contributed by atoms with E-state index in [0.717, 1.165) is 12.1 Å². The Morgan fingerprint density at radius 2 is 2.18 bits per heavy atom. The van der Waals surface area contributed by atoms with E-state index in [0.29, 0.717) is 0 Å². The Morgan fingerprint density at radius 1 is 1.53 bits per heavy atom. The Balaban J connectivity index is 3.15. The maximum Gasteiger partial charge on any atom is 0.387 e. The van der Waals surface area contributed by atoms with Crippen molar-refractivity contribution < 1.29 is 23.0 Å². The maximum absolute atomic E-state index is 12.1. The van der Waals surface area contributed by atoms with Gasteiger partial charge in [0, 0.05) is 6.07 Å². The first-order valence-electron chi connectivity index (χ1n) is 4.66. The largest absolute Gasteiger partial charge is 0.462 e. The molecule has 0 atom stereocenters. The number of benzene rings is 1. The fraction of sp³-hybridized carbons (Fsp3) is 0.300. The number of carbonyl (C=O) groups excluding carboxylic acids is 1. The second kappa shape index (κ2) is 5.67.